The summed E-state index contributed by atoms with van der Waals surface area (Å²) in [5.74, 6) is 0. The lowest BCUT2D eigenvalue weighted by Gasteiger charge is -2.21. The second-order valence-corrected chi connectivity index (χ2v) is 5.62. The lowest BCUT2D eigenvalue weighted by molar-refractivity contribution is 0.142. The molecule has 2 unspecified atom stereocenters. The quantitative estimate of drug-likeness (QED) is 0.872. The van der Waals surface area contributed by atoms with Gasteiger partial charge in [-0.3, -0.25) is 0 Å². The number of rotatable bonds is 4. The summed E-state index contributed by atoms with van der Waals surface area (Å²) < 4.78 is 5.47. The van der Waals surface area contributed by atoms with E-state index < -0.39 is 0 Å². The van der Waals surface area contributed by atoms with Gasteiger partial charge in [-0.2, -0.15) is 0 Å². The van der Waals surface area contributed by atoms with E-state index in [-0.39, 0.29) is 0 Å². The highest BCUT2D eigenvalue weighted by Crippen LogP contribution is 2.13. The number of hydrogen-bond acceptors (Lipinski definition) is 3. The summed E-state index contributed by atoms with van der Waals surface area (Å²) in [6, 6.07) is 5.57. The van der Waals surface area contributed by atoms with Gasteiger partial charge in [0.15, 0.2) is 0 Å². The van der Waals surface area contributed by atoms with Gasteiger partial charge in [-0.1, -0.05) is 6.07 Å². The SMILES string of the molecule is CC(Cc1cccs1)NC1CCCOCC1. The van der Waals surface area contributed by atoms with Crippen molar-refractivity contribution in [1.29, 1.82) is 0 Å². The van der Waals surface area contributed by atoms with Gasteiger partial charge in [0.1, 0.15) is 0 Å². The highest BCUT2D eigenvalue weighted by Gasteiger charge is 2.14. The molecule has 3 heteroatoms. The van der Waals surface area contributed by atoms with Crippen LogP contribution in [0.1, 0.15) is 31.1 Å². The minimum absolute atomic E-state index is 0.571. The molecule has 2 nitrogen and oxygen atoms in total. The zero-order valence-electron chi connectivity index (χ0n) is 9.95. The first kappa shape index (κ1) is 12.1. The van der Waals surface area contributed by atoms with Crippen molar-refractivity contribution in [2.45, 2.75) is 44.7 Å². The Balaban J connectivity index is 1.75. The van der Waals surface area contributed by atoms with Gasteiger partial charge in [-0.15, -0.1) is 11.3 Å². The fourth-order valence-corrected chi connectivity index (χ4v) is 3.10. The summed E-state index contributed by atoms with van der Waals surface area (Å²) in [4.78, 5) is 1.48. The molecule has 90 valence electrons. The highest BCUT2D eigenvalue weighted by molar-refractivity contribution is 7.09. The van der Waals surface area contributed by atoms with E-state index in [4.69, 9.17) is 4.74 Å². The van der Waals surface area contributed by atoms with Crippen molar-refractivity contribution in [2.24, 2.45) is 0 Å². The molecule has 2 rings (SSSR count). The monoisotopic (exact) mass is 239 g/mol. The maximum atomic E-state index is 5.47. The van der Waals surface area contributed by atoms with Crippen LogP contribution in [0.4, 0.5) is 0 Å². The van der Waals surface area contributed by atoms with Gasteiger partial charge in [-0.25, -0.2) is 0 Å². The van der Waals surface area contributed by atoms with Crippen LogP contribution in [0.2, 0.25) is 0 Å². The van der Waals surface area contributed by atoms with Crippen molar-refractivity contribution >= 4 is 11.3 Å². The fourth-order valence-electron chi connectivity index (χ4n) is 2.26. The summed E-state index contributed by atoms with van der Waals surface area (Å²) in [7, 11) is 0. The lowest BCUT2D eigenvalue weighted by Crippen LogP contribution is -2.37. The number of thiophene rings is 1. The zero-order chi connectivity index (χ0) is 11.2. The normalized spacial score (nSPS) is 23.9. The summed E-state index contributed by atoms with van der Waals surface area (Å²) in [6.45, 7) is 4.15. The van der Waals surface area contributed by atoms with E-state index >= 15 is 0 Å². The predicted octanol–water partition coefficient (Wildman–Crippen LogP) is 2.84. The Morgan fingerprint density at radius 1 is 1.50 bits per heavy atom. The number of nitrogens with one attached hydrogen (secondary N) is 1. The van der Waals surface area contributed by atoms with E-state index in [2.05, 4.69) is 29.8 Å². The Morgan fingerprint density at radius 3 is 3.25 bits per heavy atom. The van der Waals surface area contributed by atoms with Crippen LogP contribution in [-0.2, 0) is 11.2 Å². The largest absolute Gasteiger partial charge is 0.381 e. The van der Waals surface area contributed by atoms with E-state index in [1.54, 1.807) is 0 Å². The first-order valence-corrected chi connectivity index (χ1v) is 7.09. The van der Waals surface area contributed by atoms with E-state index in [0.717, 1.165) is 26.1 Å². The number of hydrogen-bond donors (Lipinski definition) is 1. The standard InChI is InChI=1S/C13H21NOS/c1-11(10-13-5-3-9-16-13)14-12-4-2-7-15-8-6-12/h3,5,9,11-12,14H,2,4,6-8,10H2,1H3. The molecule has 0 bridgehead atoms. The van der Waals surface area contributed by atoms with Crippen LogP contribution in [0.5, 0.6) is 0 Å². The molecule has 1 aliphatic heterocycles. The second kappa shape index (κ2) is 6.38. The lowest BCUT2D eigenvalue weighted by atomic mass is 10.1. The van der Waals surface area contributed by atoms with Crippen LogP contribution in [-0.4, -0.2) is 25.3 Å². The highest BCUT2D eigenvalue weighted by atomic mass is 32.1. The molecular formula is C13H21NOS. The molecular weight excluding hydrogens is 218 g/mol. The molecule has 0 aromatic carbocycles. The first-order valence-electron chi connectivity index (χ1n) is 6.21. The predicted molar refractivity (Wildman–Crippen MR) is 69.1 cm³/mol. The van der Waals surface area contributed by atoms with Gasteiger partial charge in [0.25, 0.3) is 0 Å². The molecule has 16 heavy (non-hydrogen) atoms. The smallest absolute Gasteiger partial charge is 0.0480 e. The Bertz CT molecular complexity index is 278. The van der Waals surface area contributed by atoms with E-state index in [9.17, 15) is 0 Å². The van der Waals surface area contributed by atoms with Gasteiger partial charge in [0.2, 0.25) is 0 Å². The molecule has 0 amide bonds. The molecule has 0 radical (unpaired) electrons. The molecule has 1 saturated heterocycles. The number of ether oxygens (including phenoxy) is 1. The summed E-state index contributed by atoms with van der Waals surface area (Å²) in [5.41, 5.74) is 0. The second-order valence-electron chi connectivity index (χ2n) is 4.59. The topological polar surface area (TPSA) is 21.3 Å². The van der Waals surface area contributed by atoms with Crippen molar-refractivity contribution in [3.8, 4) is 0 Å². The van der Waals surface area contributed by atoms with Gasteiger partial charge >= 0.3 is 0 Å². The van der Waals surface area contributed by atoms with Crippen LogP contribution >= 0.6 is 11.3 Å². The Labute approximate surface area is 102 Å². The van der Waals surface area contributed by atoms with Gasteiger partial charge in [0, 0.05) is 30.2 Å². The van der Waals surface area contributed by atoms with E-state index in [1.165, 1.54) is 17.7 Å². The van der Waals surface area contributed by atoms with Gasteiger partial charge in [0.05, 0.1) is 0 Å². The van der Waals surface area contributed by atoms with Crippen LogP contribution in [0.25, 0.3) is 0 Å². The Morgan fingerprint density at radius 2 is 2.44 bits per heavy atom. The van der Waals surface area contributed by atoms with Gasteiger partial charge in [-0.05, 0) is 44.1 Å². The van der Waals surface area contributed by atoms with Crippen molar-refractivity contribution in [3.63, 3.8) is 0 Å². The van der Waals surface area contributed by atoms with Crippen molar-refractivity contribution < 1.29 is 4.74 Å². The summed E-state index contributed by atoms with van der Waals surface area (Å²) in [6.07, 6.45) is 4.77. The molecule has 1 fully saturated rings. The molecule has 1 aliphatic rings. The molecule has 1 aromatic rings. The molecule has 2 heterocycles. The third-order valence-electron chi connectivity index (χ3n) is 3.06. The average Bonchev–Trinajstić information content (AvgIpc) is 2.62. The summed E-state index contributed by atoms with van der Waals surface area (Å²) in [5, 5.41) is 5.88. The summed E-state index contributed by atoms with van der Waals surface area (Å²) >= 11 is 1.85. The third-order valence-corrected chi connectivity index (χ3v) is 3.96. The van der Waals surface area contributed by atoms with Crippen LogP contribution in [0.3, 0.4) is 0 Å². The fraction of sp³-hybridized carbons (Fsp3) is 0.692. The van der Waals surface area contributed by atoms with Crippen LogP contribution in [0, 0.1) is 0 Å². The van der Waals surface area contributed by atoms with E-state index in [1.807, 2.05) is 11.3 Å². The Hall–Kier alpha value is -0.380. The first-order chi connectivity index (χ1) is 7.84. The molecule has 1 aromatic heterocycles. The average molecular weight is 239 g/mol. The Kier molecular flexibility index (Phi) is 4.82. The molecule has 2 atom stereocenters. The van der Waals surface area contributed by atoms with E-state index in [0.29, 0.717) is 12.1 Å². The molecule has 1 N–H and O–H groups in total. The van der Waals surface area contributed by atoms with Crippen molar-refractivity contribution in [3.05, 3.63) is 22.4 Å². The maximum absolute atomic E-state index is 5.47. The molecule has 0 aliphatic carbocycles. The van der Waals surface area contributed by atoms with Crippen LogP contribution < -0.4 is 5.32 Å². The molecule has 0 saturated carbocycles. The van der Waals surface area contributed by atoms with Crippen molar-refractivity contribution in [2.75, 3.05) is 13.2 Å². The zero-order valence-corrected chi connectivity index (χ0v) is 10.8. The van der Waals surface area contributed by atoms with Crippen LogP contribution in [0.15, 0.2) is 17.5 Å². The maximum Gasteiger partial charge on any atom is 0.0480 e. The molecule has 0 spiro atoms. The third kappa shape index (κ3) is 3.89. The van der Waals surface area contributed by atoms with Gasteiger partial charge < -0.3 is 10.1 Å². The minimum Gasteiger partial charge on any atom is -0.381 e. The van der Waals surface area contributed by atoms with Crippen molar-refractivity contribution in [1.82, 2.24) is 5.32 Å². The minimum atomic E-state index is 0.571.